The predicted octanol–water partition coefficient (Wildman–Crippen LogP) is 3.22. The average Bonchev–Trinajstić information content (AvgIpc) is 3.59. The van der Waals surface area contributed by atoms with Crippen molar-refractivity contribution in [3.05, 3.63) is 71.9 Å². The van der Waals surface area contributed by atoms with E-state index in [9.17, 15) is 14.4 Å². The Balaban J connectivity index is 1.52. The quantitative estimate of drug-likeness (QED) is 0.431. The van der Waals surface area contributed by atoms with E-state index < -0.39 is 17.6 Å². The fourth-order valence-corrected chi connectivity index (χ4v) is 5.42. The Bertz CT molecular complexity index is 1590. The van der Waals surface area contributed by atoms with Gasteiger partial charge in [0.05, 0.1) is 29.5 Å². The van der Waals surface area contributed by atoms with Gasteiger partial charge in [0, 0.05) is 47.2 Å². The van der Waals surface area contributed by atoms with Crippen LogP contribution in [0.3, 0.4) is 0 Å². The standard InChI is InChI=1S/C27H23FN4O4/c28-19-6-5-15-9-12-36-25(15)23(19)24-22(26(34)30-27(24)35)18-14-32(20-4-2-1-3-17(18)20)16-7-10-31(11-8-16)21(33)13-29/h1-6,9,12,14,16H,7-8,10-11,13,29H2,(H,30,34,35). The van der Waals surface area contributed by atoms with Gasteiger partial charge in [0.25, 0.3) is 11.8 Å². The molecule has 2 aliphatic heterocycles. The second-order valence-corrected chi connectivity index (χ2v) is 9.08. The van der Waals surface area contributed by atoms with Crippen LogP contribution < -0.4 is 11.1 Å². The van der Waals surface area contributed by atoms with Crippen LogP contribution in [0.1, 0.15) is 30.0 Å². The van der Waals surface area contributed by atoms with Crippen molar-refractivity contribution in [2.45, 2.75) is 18.9 Å². The molecule has 2 aromatic carbocycles. The molecule has 3 N–H and O–H groups in total. The van der Waals surface area contributed by atoms with Crippen LogP contribution in [-0.2, 0) is 14.4 Å². The van der Waals surface area contributed by atoms with Gasteiger partial charge in [0.2, 0.25) is 5.91 Å². The third kappa shape index (κ3) is 3.35. The maximum Gasteiger partial charge on any atom is 0.259 e. The number of hydrogen-bond acceptors (Lipinski definition) is 5. The Morgan fingerprint density at radius 3 is 2.58 bits per heavy atom. The molecule has 0 unspecified atom stereocenters. The van der Waals surface area contributed by atoms with Crippen LogP contribution in [0.5, 0.6) is 0 Å². The van der Waals surface area contributed by atoms with E-state index in [1.165, 1.54) is 12.3 Å². The summed E-state index contributed by atoms with van der Waals surface area (Å²) in [6.07, 6.45) is 4.74. The van der Waals surface area contributed by atoms with Gasteiger partial charge in [-0.15, -0.1) is 0 Å². The van der Waals surface area contributed by atoms with Gasteiger partial charge in [0.15, 0.2) is 0 Å². The average molecular weight is 487 g/mol. The smallest absolute Gasteiger partial charge is 0.259 e. The summed E-state index contributed by atoms with van der Waals surface area (Å²) in [4.78, 5) is 39.9. The van der Waals surface area contributed by atoms with Gasteiger partial charge in [-0.2, -0.15) is 0 Å². The number of aromatic nitrogens is 1. The number of halogens is 1. The van der Waals surface area contributed by atoms with Gasteiger partial charge in [-0.25, -0.2) is 4.39 Å². The molecule has 0 aliphatic carbocycles. The van der Waals surface area contributed by atoms with E-state index in [0.717, 1.165) is 23.7 Å². The fraction of sp³-hybridized carbons (Fsp3) is 0.222. The number of hydrogen-bond donors (Lipinski definition) is 2. The normalized spacial score (nSPS) is 17.0. The number of rotatable bonds is 4. The van der Waals surface area contributed by atoms with Gasteiger partial charge in [-0.05, 0) is 37.1 Å². The zero-order valence-corrected chi connectivity index (χ0v) is 19.3. The van der Waals surface area contributed by atoms with E-state index in [0.29, 0.717) is 24.0 Å². The molecule has 6 rings (SSSR count). The highest BCUT2D eigenvalue weighted by molar-refractivity contribution is 6.50. The van der Waals surface area contributed by atoms with Gasteiger partial charge in [0.1, 0.15) is 11.4 Å². The molecule has 0 bridgehead atoms. The molecular weight excluding hydrogens is 463 g/mol. The number of nitrogens with two attached hydrogens (primary N) is 1. The molecule has 0 radical (unpaired) electrons. The Hall–Kier alpha value is -4.24. The maximum atomic E-state index is 15.1. The largest absolute Gasteiger partial charge is 0.464 e. The van der Waals surface area contributed by atoms with E-state index in [2.05, 4.69) is 9.88 Å². The molecule has 4 heterocycles. The third-order valence-corrected chi connectivity index (χ3v) is 7.15. The van der Waals surface area contributed by atoms with Gasteiger partial charge >= 0.3 is 0 Å². The minimum atomic E-state index is -0.664. The van der Waals surface area contributed by atoms with Crippen molar-refractivity contribution < 1.29 is 23.2 Å². The van der Waals surface area contributed by atoms with Gasteiger partial charge in [-0.3, -0.25) is 19.7 Å². The van der Waals surface area contributed by atoms with Gasteiger partial charge in [-0.1, -0.05) is 18.2 Å². The molecule has 182 valence electrons. The van der Waals surface area contributed by atoms with Crippen LogP contribution in [-0.4, -0.2) is 46.8 Å². The van der Waals surface area contributed by atoms with E-state index in [4.69, 9.17) is 10.2 Å². The molecule has 8 nitrogen and oxygen atoms in total. The highest BCUT2D eigenvalue weighted by atomic mass is 19.1. The van der Waals surface area contributed by atoms with Crippen LogP contribution in [0.25, 0.3) is 33.0 Å². The molecule has 2 aromatic heterocycles. The maximum absolute atomic E-state index is 15.1. The van der Waals surface area contributed by atoms with Gasteiger partial charge < -0.3 is 19.6 Å². The number of carbonyl (C=O) groups is 3. The summed E-state index contributed by atoms with van der Waals surface area (Å²) in [6.45, 7) is 1.16. The van der Waals surface area contributed by atoms with Crippen molar-refractivity contribution in [1.29, 1.82) is 0 Å². The Kier molecular flexibility index (Phi) is 5.22. The summed E-state index contributed by atoms with van der Waals surface area (Å²) in [5.74, 6) is -1.96. The number of piperidine rings is 1. The highest BCUT2D eigenvalue weighted by Gasteiger charge is 2.37. The van der Waals surface area contributed by atoms with Crippen LogP contribution >= 0.6 is 0 Å². The second-order valence-electron chi connectivity index (χ2n) is 9.08. The summed E-state index contributed by atoms with van der Waals surface area (Å²) in [5.41, 5.74) is 7.23. The van der Waals surface area contributed by atoms with Crippen molar-refractivity contribution in [3.8, 4) is 0 Å². The number of nitrogens with one attached hydrogen (secondary N) is 1. The Labute approximate surface area is 205 Å². The zero-order chi connectivity index (χ0) is 25.0. The van der Waals surface area contributed by atoms with Crippen molar-refractivity contribution in [3.63, 3.8) is 0 Å². The first-order chi connectivity index (χ1) is 17.5. The zero-order valence-electron chi connectivity index (χ0n) is 19.3. The fourth-order valence-electron chi connectivity index (χ4n) is 5.42. The summed E-state index contributed by atoms with van der Waals surface area (Å²) >= 11 is 0. The van der Waals surface area contributed by atoms with Crippen molar-refractivity contribution in [2.24, 2.45) is 5.73 Å². The molecule has 0 spiro atoms. The molecule has 36 heavy (non-hydrogen) atoms. The van der Waals surface area contributed by atoms with Crippen molar-refractivity contribution in [1.82, 2.24) is 14.8 Å². The molecule has 2 aliphatic rings. The lowest BCUT2D eigenvalue weighted by atomic mass is 9.94. The molecule has 4 aromatic rings. The molecule has 9 heteroatoms. The van der Waals surface area contributed by atoms with E-state index >= 15 is 4.39 Å². The number of likely N-dealkylation sites (tertiary alicyclic amines) is 1. The molecule has 0 saturated carbocycles. The second kappa shape index (κ2) is 8.46. The summed E-state index contributed by atoms with van der Waals surface area (Å²) in [5, 5.41) is 3.76. The molecule has 1 fully saturated rings. The first-order valence-electron chi connectivity index (χ1n) is 11.8. The minimum absolute atomic E-state index is 0.0136. The number of imide groups is 1. The Morgan fingerprint density at radius 1 is 1.06 bits per heavy atom. The highest BCUT2D eigenvalue weighted by Crippen LogP contribution is 2.41. The number of nitrogens with zero attached hydrogens (tertiary/aromatic N) is 2. The SMILES string of the molecule is NCC(=O)N1CCC(n2cc(C3=C(c4c(F)ccc5ccoc45)C(=O)NC3=O)c3ccccc32)CC1. The monoisotopic (exact) mass is 486 g/mol. The number of amides is 3. The minimum Gasteiger partial charge on any atom is -0.464 e. The van der Waals surface area contributed by atoms with Crippen molar-refractivity contribution in [2.75, 3.05) is 19.6 Å². The van der Waals surface area contributed by atoms with E-state index in [1.54, 1.807) is 17.0 Å². The number of fused-ring (bicyclic) bond motifs is 2. The van der Waals surface area contributed by atoms with E-state index in [-0.39, 0.29) is 40.8 Å². The first kappa shape index (κ1) is 22.2. The Morgan fingerprint density at radius 2 is 1.81 bits per heavy atom. The summed E-state index contributed by atoms with van der Waals surface area (Å²) < 4.78 is 22.8. The third-order valence-electron chi connectivity index (χ3n) is 7.15. The summed E-state index contributed by atoms with van der Waals surface area (Å²) in [7, 11) is 0. The lowest BCUT2D eigenvalue weighted by molar-refractivity contribution is -0.131. The molecular formula is C27H23FN4O4. The first-order valence-corrected chi connectivity index (χ1v) is 11.8. The van der Waals surface area contributed by atoms with Crippen molar-refractivity contribution >= 4 is 50.7 Å². The van der Waals surface area contributed by atoms with Crippen LogP contribution in [0.2, 0.25) is 0 Å². The van der Waals surface area contributed by atoms with Crippen LogP contribution in [0.4, 0.5) is 4.39 Å². The van der Waals surface area contributed by atoms with Crippen LogP contribution in [0.15, 0.2) is 59.3 Å². The molecule has 1 saturated heterocycles. The number of para-hydroxylation sites is 1. The predicted molar refractivity (Wildman–Crippen MR) is 132 cm³/mol. The lowest BCUT2D eigenvalue weighted by Crippen LogP contribution is -2.41. The molecule has 3 amide bonds. The van der Waals surface area contributed by atoms with Crippen LogP contribution in [0, 0.1) is 5.82 Å². The number of carbonyl (C=O) groups excluding carboxylic acids is 3. The molecule has 0 atom stereocenters. The topological polar surface area (TPSA) is 111 Å². The van der Waals surface area contributed by atoms with E-state index in [1.807, 2.05) is 30.5 Å². The number of furan rings is 1. The number of benzene rings is 2. The summed E-state index contributed by atoms with van der Waals surface area (Å²) in [6, 6.07) is 12.2. The lowest BCUT2D eigenvalue weighted by Gasteiger charge is -2.33.